The summed E-state index contributed by atoms with van der Waals surface area (Å²) in [4.78, 5) is 13.0. The minimum atomic E-state index is -0.667. The standard InChI is InChI=1S/C20H32O3/c1-18(23)8-9-19(2)14-6-7-20(3)13(4-5-17(20)22)12(14)10-16(21)15(19)11-18/h12-15,17,22-23H,4-11H2,1-3H3/t12-,13-,14+,15?,17?,18?,19+,20-/m0/s1. The van der Waals surface area contributed by atoms with Gasteiger partial charge in [0.15, 0.2) is 0 Å². The van der Waals surface area contributed by atoms with Gasteiger partial charge in [0.05, 0.1) is 11.7 Å². The molecule has 4 aliphatic rings. The van der Waals surface area contributed by atoms with E-state index in [1.165, 1.54) is 0 Å². The average Bonchev–Trinajstić information content (AvgIpc) is 2.77. The molecule has 3 heteroatoms. The van der Waals surface area contributed by atoms with Crippen molar-refractivity contribution < 1.29 is 15.0 Å². The van der Waals surface area contributed by atoms with Crippen LogP contribution < -0.4 is 0 Å². The van der Waals surface area contributed by atoms with Crippen molar-refractivity contribution in [2.24, 2.45) is 34.5 Å². The lowest BCUT2D eigenvalue weighted by molar-refractivity contribution is -0.169. The second-order valence-corrected chi connectivity index (χ2v) is 9.94. The number of Topliss-reactive ketones (excluding diaryl/α,β-unsaturated/α-hetero) is 1. The van der Waals surface area contributed by atoms with Gasteiger partial charge in [-0.25, -0.2) is 0 Å². The van der Waals surface area contributed by atoms with Crippen LogP contribution in [0.2, 0.25) is 0 Å². The van der Waals surface area contributed by atoms with Gasteiger partial charge in [0.2, 0.25) is 0 Å². The number of carbonyl (C=O) groups excluding carboxylic acids is 1. The first-order valence-corrected chi connectivity index (χ1v) is 9.60. The van der Waals surface area contributed by atoms with E-state index in [1.54, 1.807) is 0 Å². The molecule has 2 N–H and O–H groups in total. The maximum absolute atomic E-state index is 13.0. The molecular weight excluding hydrogens is 288 g/mol. The van der Waals surface area contributed by atoms with Gasteiger partial charge in [-0.15, -0.1) is 0 Å². The van der Waals surface area contributed by atoms with E-state index in [0.29, 0.717) is 36.4 Å². The second kappa shape index (κ2) is 4.82. The van der Waals surface area contributed by atoms with Crippen molar-refractivity contribution in [1.82, 2.24) is 0 Å². The first kappa shape index (κ1) is 16.1. The fourth-order valence-electron chi connectivity index (χ4n) is 7.15. The Morgan fingerprint density at radius 1 is 0.957 bits per heavy atom. The highest BCUT2D eigenvalue weighted by atomic mass is 16.3. The van der Waals surface area contributed by atoms with Crippen LogP contribution in [0.4, 0.5) is 0 Å². The average molecular weight is 320 g/mol. The molecule has 0 radical (unpaired) electrons. The molecule has 0 saturated heterocycles. The summed E-state index contributed by atoms with van der Waals surface area (Å²) in [5.41, 5.74) is -0.568. The van der Waals surface area contributed by atoms with Crippen LogP contribution in [0.25, 0.3) is 0 Å². The maximum Gasteiger partial charge on any atom is 0.136 e. The van der Waals surface area contributed by atoms with E-state index in [1.807, 2.05) is 6.92 Å². The number of hydrogen-bond donors (Lipinski definition) is 2. The summed E-state index contributed by atoms with van der Waals surface area (Å²) in [5.74, 6) is 2.01. The SMILES string of the molecule is CC1(O)CC[C@@]2(C)C(C1)C(=O)C[C@@H]1[C@H]2CC[C@]2(C)C(O)CC[C@@H]12. The molecule has 0 heterocycles. The zero-order chi connectivity index (χ0) is 16.6. The molecular formula is C20H32O3. The number of carbonyl (C=O) groups is 1. The molecule has 0 aliphatic heterocycles. The lowest BCUT2D eigenvalue weighted by Crippen LogP contribution is -2.58. The van der Waals surface area contributed by atoms with Crippen LogP contribution >= 0.6 is 0 Å². The Hall–Kier alpha value is -0.410. The van der Waals surface area contributed by atoms with E-state index in [9.17, 15) is 15.0 Å². The van der Waals surface area contributed by atoms with Gasteiger partial charge in [0.1, 0.15) is 5.78 Å². The minimum Gasteiger partial charge on any atom is -0.393 e. The van der Waals surface area contributed by atoms with Gasteiger partial charge in [-0.2, -0.15) is 0 Å². The topological polar surface area (TPSA) is 57.5 Å². The fourth-order valence-corrected chi connectivity index (χ4v) is 7.15. The van der Waals surface area contributed by atoms with Gasteiger partial charge < -0.3 is 10.2 Å². The number of fused-ring (bicyclic) bond motifs is 5. The number of aliphatic hydroxyl groups excluding tert-OH is 1. The van der Waals surface area contributed by atoms with E-state index < -0.39 is 5.60 Å². The highest BCUT2D eigenvalue weighted by Crippen LogP contribution is 2.66. The fraction of sp³-hybridized carbons (Fsp3) is 0.950. The molecule has 0 amide bonds. The molecule has 3 unspecified atom stereocenters. The van der Waals surface area contributed by atoms with Crippen molar-refractivity contribution in [2.75, 3.05) is 0 Å². The molecule has 130 valence electrons. The van der Waals surface area contributed by atoms with Gasteiger partial charge >= 0.3 is 0 Å². The highest BCUT2D eigenvalue weighted by Gasteiger charge is 2.62. The lowest BCUT2D eigenvalue weighted by atomic mass is 9.44. The summed E-state index contributed by atoms with van der Waals surface area (Å²) in [6.45, 7) is 6.49. The second-order valence-electron chi connectivity index (χ2n) is 9.94. The summed E-state index contributed by atoms with van der Waals surface area (Å²) >= 11 is 0. The van der Waals surface area contributed by atoms with Crippen molar-refractivity contribution in [3.63, 3.8) is 0 Å². The Balaban J connectivity index is 1.68. The number of rotatable bonds is 0. The van der Waals surface area contributed by atoms with Crippen molar-refractivity contribution in [3.05, 3.63) is 0 Å². The lowest BCUT2D eigenvalue weighted by Gasteiger charge is -2.60. The Morgan fingerprint density at radius 3 is 2.39 bits per heavy atom. The van der Waals surface area contributed by atoms with Crippen LogP contribution in [0, 0.1) is 34.5 Å². The smallest absolute Gasteiger partial charge is 0.136 e. The minimum absolute atomic E-state index is 0.0325. The number of aliphatic hydroxyl groups is 2. The van der Waals surface area contributed by atoms with Crippen molar-refractivity contribution >= 4 is 5.78 Å². The van der Waals surface area contributed by atoms with Crippen molar-refractivity contribution in [2.45, 2.75) is 83.8 Å². The van der Waals surface area contributed by atoms with E-state index in [4.69, 9.17) is 0 Å². The third-order valence-corrected chi connectivity index (χ3v) is 8.70. The number of ketones is 1. The zero-order valence-corrected chi connectivity index (χ0v) is 14.8. The Bertz CT molecular complexity index is 527. The first-order valence-electron chi connectivity index (χ1n) is 9.60. The largest absolute Gasteiger partial charge is 0.393 e. The molecule has 0 aromatic carbocycles. The zero-order valence-electron chi connectivity index (χ0n) is 14.8. The highest BCUT2D eigenvalue weighted by molar-refractivity contribution is 5.83. The van der Waals surface area contributed by atoms with Gasteiger partial charge in [-0.3, -0.25) is 4.79 Å². The van der Waals surface area contributed by atoms with Crippen LogP contribution in [0.1, 0.15) is 72.1 Å². The third-order valence-electron chi connectivity index (χ3n) is 8.70. The van der Waals surface area contributed by atoms with Gasteiger partial charge in [-0.1, -0.05) is 13.8 Å². The summed E-state index contributed by atoms with van der Waals surface area (Å²) in [6.07, 6.45) is 7.21. The molecule has 4 saturated carbocycles. The van der Waals surface area contributed by atoms with Crippen LogP contribution in [-0.2, 0) is 4.79 Å². The Kier molecular flexibility index (Phi) is 3.37. The van der Waals surface area contributed by atoms with Crippen LogP contribution in [0.15, 0.2) is 0 Å². The van der Waals surface area contributed by atoms with Crippen LogP contribution in [-0.4, -0.2) is 27.7 Å². The predicted molar refractivity (Wildman–Crippen MR) is 88.7 cm³/mol. The van der Waals surface area contributed by atoms with Gasteiger partial charge in [-0.05, 0) is 80.5 Å². The molecule has 8 atom stereocenters. The molecule has 0 aromatic heterocycles. The van der Waals surface area contributed by atoms with Crippen LogP contribution in [0.3, 0.4) is 0 Å². The third kappa shape index (κ3) is 2.12. The van der Waals surface area contributed by atoms with E-state index in [0.717, 1.165) is 38.5 Å². The maximum atomic E-state index is 13.0. The first-order chi connectivity index (χ1) is 10.7. The molecule has 23 heavy (non-hydrogen) atoms. The predicted octanol–water partition coefficient (Wildman–Crippen LogP) is 3.32. The summed E-state index contributed by atoms with van der Waals surface area (Å²) in [6, 6.07) is 0. The van der Waals surface area contributed by atoms with Gasteiger partial charge in [0.25, 0.3) is 0 Å². The van der Waals surface area contributed by atoms with E-state index >= 15 is 0 Å². The van der Waals surface area contributed by atoms with Crippen molar-refractivity contribution in [3.8, 4) is 0 Å². The van der Waals surface area contributed by atoms with E-state index in [-0.39, 0.29) is 22.9 Å². The molecule has 0 spiro atoms. The molecule has 3 nitrogen and oxygen atoms in total. The quantitative estimate of drug-likeness (QED) is 0.720. The van der Waals surface area contributed by atoms with Crippen LogP contribution in [0.5, 0.6) is 0 Å². The monoisotopic (exact) mass is 320 g/mol. The van der Waals surface area contributed by atoms with Crippen molar-refractivity contribution in [1.29, 1.82) is 0 Å². The Labute approximate surface area is 139 Å². The summed E-state index contributed by atoms with van der Waals surface area (Å²) in [7, 11) is 0. The molecule has 4 fully saturated rings. The van der Waals surface area contributed by atoms with Gasteiger partial charge in [0, 0.05) is 12.3 Å². The summed E-state index contributed by atoms with van der Waals surface area (Å²) in [5, 5.41) is 21.0. The Morgan fingerprint density at radius 2 is 1.65 bits per heavy atom. The molecule has 0 bridgehead atoms. The normalized spacial score (nSPS) is 59.2. The number of hydrogen-bond acceptors (Lipinski definition) is 3. The molecule has 4 aliphatic carbocycles. The van der Waals surface area contributed by atoms with E-state index in [2.05, 4.69) is 13.8 Å². The molecule has 4 rings (SSSR count). The molecule has 0 aromatic rings. The summed E-state index contributed by atoms with van der Waals surface area (Å²) < 4.78 is 0.